The van der Waals surface area contributed by atoms with Crippen LogP contribution in [0.3, 0.4) is 0 Å². The van der Waals surface area contributed by atoms with Crippen LogP contribution in [-0.4, -0.2) is 46.9 Å². The van der Waals surface area contributed by atoms with Gasteiger partial charge in [-0.25, -0.2) is 4.79 Å². The zero-order valence-corrected chi connectivity index (χ0v) is 14.6. The van der Waals surface area contributed by atoms with Gasteiger partial charge in [-0.2, -0.15) is 0 Å². The Bertz CT molecular complexity index is 617. The summed E-state index contributed by atoms with van der Waals surface area (Å²) in [4.78, 5) is 14.8. The quantitative estimate of drug-likeness (QED) is 0.694. The van der Waals surface area contributed by atoms with Gasteiger partial charge in [0.25, 0.3) is 0 Å². The number of nitrogens with one attached hydrogen (secondary N) is 1. The van der Waals surface area contributed by atoms with Gasteiger partial charge in [-0.3, -0.25) is 0 Å². The normalized spacial score (nSPS) is 24.8. The molecule has 5 heteroatoms. The van der Waals surface area contributed by atoms with Gasteiger partial charge in [0.05, 0.1) is 6.04 Å². The third kappa shape index (κ3) is 4.22. The maximum atomic E-state index is 12.9. The number of benzene rings is 1. The van der Waals surface area contributed by atoms with Crippen LogP contribution in [0.5, 0.6) is 0 Å². The predicted molar refractivity (Wildman–Crippen MR) is 97.2 cm³/mol. The van der Waals surface area contributed by atoms with Crippen LogP contribution >= 0.6 is 0 Å². The van der Waals surface area contributed by atoms with Crippen molar-refractivity contribution in [1.82, 2.24) is 10.2 Å². The molecule has 0 aromatic heterocycles. The number of amides is 2. The van der Waals surface area contributed by atoms with E-state index in [1.807, 2.05) is 23.1 Å². The Morgan fingerprint density at radius 2 is 2.08 bits per heavy atom. The summed E-state index contributed by atoms with van der Waals surface area (Å²) < 4.78 is 0. The fraction of sp³-hybridized carbons (Fsp3) is 0.550. The first kappa shape index (κ1) is 18.0. The average Bonchev–Trinajstić information content (AvgIpc) is 3.09. The van der Waals surface area contributed by atoms with Gasteiger partial charge in [-0.1, -0.05) is 36.4 Å². The topological polar surface area (TPSA) is 72.8 Å². The SMILES string of the molecule is O=C(N[C@@H]1C=C[C@H](CO)C1)N(CCCO)[C@H]1CCCc2ccccc21. The first-order valence-electron chi connectivity index (χ1n) is 9.28. The number of aryl methyl sites for hydroxylation is 1. The highest BCUT2D eigenvalue weighted by Crippen LogP contribution is 2.34. The Balaban J connectivity index is 1.74. The van der Waals surface area contributed by atoms with Crippen LogP contribution in [-0.2, 0) is 6.42 Å². The molecule has 0 aliphatic heterocycles. The number of carbonyl (C=O) groups is 1. The lowest BCUT2D eigenvalue weighted by Crippen LogP contribution is -2.47. The monoisotopic (exact) mass is 344 g/mol. The summed E-state index contributed by atoms with van der Waals surface area (Å²) in [6, 6.07) is 8.31. The van der Waals surface area contributed by atoms with Crippen molar-refractivity contribution in [3.63, 3.8) is 0 Å². The molecule has 3 N–H and O–H groups in total. The highest BCUT2D eigenvalue weighted by Gasteiger charge is 2.30. The zero-order chi connectivity index (χ0) is 17.6. The molecule has 1 aromatic rings. The van der Waals surface area contributed by atoms with Crippen LogP contribution in [0.2, 0.25) is 0 Å². The summed E-state index contributed by atoms with van der Waals surface area (Å²) in [6.45, 7) is 0.738. The van der Waals surface area contributed by atoms with Crippen molar-refractivity contribution in [3.05, 3.63) is 47.5 Å². The van der Waals surface area contributed by atoms with Crippen LogP contribution in [0.1, 0.15) is 42.9 Å². The van der Waals surface area contributed by atoms with Gasteiger partial charge < -0.3 is 20.4 Å². The maximum absolute atomic E-state index is 12.9. The van der Waals surface area contributed by atoms with Crippen LogP contribution in [0.25, 0.3) is 0 Å². The van der Waals surface area contributed by atoms with Gasteiger partial charge in [-0.05, 0) is 43.2 Å². The number of aliphatic hydroxyl groups is 2. The van der Waals surface area contributed by atoms with Crippen molar-refractivity contribution < 1.29 is 15.0 Å². The minimum Gasteiger partial charge on any atom is -0.396 e. The molecule has 2 aliphatic rings. The number of aliphatic hydroxyl groups excluding tert-OH is 2. The van der Waals surface area contributed by atoms with Gasteiger partial charge in [0, 0.05) is 31.7 Å². The highest BCUT2D eigenvalue weighted by molar-refractivity contribution is 5.75. The molecule has 3 rings (SSSR count). The molecular weight excluding hydrogens is 316 g/mol. The summed E-state index contributed by atoms with van der Waals surface area (Å²) in [5.74, 6) is 0.131. The Kier molecular flexibility index (Phi) is 6.10. The molecule has 0 radical (unpaired) electrons. The van der Waals surface area contributed by atoms with Crippen LogP contribution < -0.4 is 5.32 Å². The van der Waals surface area contributed by atoms with Crippen molar-refractivity contribution in [3.8, 4) is 0 Å². The molecular formula is C20H28N2O3. The summed E-state index contributed by atoms with van der Waals surface area (Å²) >= 11 is 0. The number of nitrogens with zero attached hydrogens (tertiary/aromatic N) is 1. The number of hydrogen-bond acceptors (Lipinski definition) is 3. The number of fused-ring (bicyclic) bond motifs is 1. The Morgan fingerprint density at radius 1 is 1.24 bits per heavy atom. The van der Waals surface area contributed by atoms with E-state index in [4.69, 9.17) is 0 Å². The molecule has 2 amide bonds. The first-order chi connectivity index (χ1) is 12.2. The second kappa shape index (κ2) is 8.50. The highest BCUT2D eigenvalue weighted by atomic mass is 16.3. The van der Waals surface area contributed by atoms with E-state index in [1.165, 1.54) is 11.1 Å². The van der Waals surface area contributed by atoms with E-state index in [-0.39, 0.29) is 37.2 Å². The standard InChI is InChI=1S/C20H28N2O3/c23-12-4-11-22(20(25)21-17-10-9-15(13-17)14-24)19-8-3-6-16-5-1-2-7-18(16)19/h1-2,5,7,9-10,15,17,19,23-24H,3-4,6,8,11-14H2,(H,21,25)/t15-,17+,19-/m0/s1. The van der Waals surface area contributed by atoms with Crippen molar-refractivity contribution in [2.75, 3.05) is 19.8 Å². The minimum atomic E-state index is -0.0802. The first-order valence-corrected chi connectivity index (χ1v) is 9.28. The van der Waals surface area contributed by atoms with Gasteiger partial charge in [0.1, 0.15) is 0 Å². The predicted octanol–water partition coefficient (Wildman–Crippen LogP) is 2.40. The molecule has 0 unspecified atom stereocenters. The van der Waals surface area contributed by atoms with E-state index in [1.54, 1.807) is 0 Å². The van der Waals surface area contributed by atoms with Crippen molar-refractivity contribution in [1.29, 1.82) is 0 Å². The number of hydrogen-bond donors (Lipinski definition) is 3. The van der Waals surface area contributed by atoms with Gasteiger partial charge in [-0.15, -0.1) is 0 Å². The second-order valence-electron chi connectivity index (χ2n) is 7.00. The third-order valence-electron chi connectivity index (χ3n) is 5.25. The molecule has 0 spiro atoms. The lowest BCUT2D eigenvalue weighted by molar-refractivity contribution is 0.155. The van der Waals surface area contributed by atoms with Crippen molar-refractivity contribution in [2.45, 2.75) is 44.2 Å². The van der Waals surface area contributed by atoms with E-state index in [2.05, 4.69) is 23.5 Å². The summed E-state index contributed by atoms with van der Waals surface area (Å²) in [5.41, 5.74) is 2.55. The summed E-state index contributed by atoms with van der Waals surface area (Å²) in [7, 11) is 0. The Morgan fingerprint density at radius 3 is 2.84 bits per heavy atom. The summed E-state index contributed by atoms with van der Waals surface area (Å²) in [6.07, 6.45) is 8.35. The average molecular weight is 344 g/mol. The molecule has 5 nitrogen and oxygen atoms in total. The van der Waals surface area contributed by atoms with E-state index in [9.17, 15) is 15.0 Å². The molecule has 0 saturated heterocycles. The largest absolute Gasteiger partial charge is 0.396 e. The number of urea groups is 1. The maximum Gasteiger partial charge on any atom is 0.318 e. The molecule has 1 aromatic carbocycles. The van der Waals surface area contributed by atoms with Crippen LogP contribution in [0.15, 0.2) is 36.4 Å². The van der Waals surface area contributed by atoms with E-state index < -0.39 is 0 Å². The molecule has 0 heterocycles. The lowest BCUT2D eigenvalue weighted by atomic mass is 9.87. The Labute approximate surface area is 149 Å². The Hall–Kier alpha value is -1.85. The summed E-state index contributed by atoms with van der Waals surface area (Å²) in [5, 5.41) is 21.6. The third-order valence-corrected chi connectivity index (χ3v) is 5.25. The van der Waals surface area contributed by atoms with Crippen LogP contribution in [0.4, 0.5) is 4.79 Å². The number of rotatable bonds is 6. The van der Waals surface area contributed by atoms with E-state index in [0.717, 1.165) is 25.7 Å². The van der Waals surface area contributed by atoms with Gasteiger partial charge in [0.2, 0.25) is 0 Å². The minimum absolute atomic E-state index is 0.0277. The zero-order valence-electron chi connectivity index (χ0n) is 14.6. The van der Waals surface area contributed by atoms with Crippen molar-refractivity contribution >= 4 is 6.03 Å². The van der Waals surface area contributed by atoms with E-state index >= 15 is 0 Å². The second-order valence-corrected chi connectivity index (χ2v) is 7.00. The van der Waals surface area contributed by atoms with Crippen LogP contribution in [0, 0.1) is 5.92 Å². The lowest BCUT2D eigenvalue weighted by Gasteiger charge is -2.36. The molecule has 136 valence electrons. The van der Waals surface area contributed by atoms with Gasteiger partial charge in [0.15, 0.2) is 0 Å². The fourth-order valence-corrected chi connectivity index (χ4v) is 3.95. The molecule has 3 atom stereocenters. The molecule has 0 saturated carbocycles. The molecule has 25 heavy (non-hydrogen) atoms. The van der Waals surface area contributed by atoms with E-state index in [0.29, 0.717) is 13.0 Å². The molecule has 0 bridgehead atoms. The smallest absolute Gasteiger partial charge is 0.318 e. The molecule has 2 aliphatic carbocycles. The number of carbonyl (C=O) groups excluding carboxylic acids is 1. The molecule has 0 fully saturated rings. The fourth-order valence-electron chi connectivity index (χ4n) is 3.95. The van der Waals surface area contributed by atoms with Crippen molar-refractivity contribution in [2.24, 2.45) is 5.92 Å². The van der Waals surface area contributed by atoms with Gasteiger partial charge >= 0.3 is 6.03 Å².